The summed E-state index contributed by atoms with van der Waals surface area (Å²) in [6, 6.07) is 9.53. The van der Waals surface area contributed by atoms with Crippen LogP contribution in [-0.2, 0) is 11.2 Å². The molecular weight excluding hydrogens is 246 g/mol. The molecule has 2 heteroatoms. The highest BCUT2D eigenvalue weighted by Crippen LogP contribution is 2.19. The summed E-state index contributed by atoms with van der Waals surface area (Å²) in [5.74, 6) is 0. The van der Waals surface area contributed by atoms with Crippen LogP contribution >= 0.6 is 0 Å². The molecule has 2 atom stereocenters. The lowest BCUT2D eigenvalue weighted by atomic mass is 10.0. The monoisotopic (exact) mass is 275 g/mol. The van der Waals surface area contributed by atoms with Gasteiger partial charge in [0.25, 0.3) is 0 Å². The maximum Gasteiger partial charge on any atom is 0.0587 e. The van der Waals surface area contributed by atoms with Crippen molar-refractivity contribution >= 4 is 0 Å². The van der Waals surface area contributed by atoms with E-state index in [2.05, 4.69) is 43.4 Å². The topological polar surface area (TPSA) is 21.3 Å². The Balaban J connectivity index is 1.78. The van der Waals surface area contributed by atoms with Gasteiger partial charge in [0.05, 0.1) is 6.10 Å². The van der Waals surface area contributed by atoms with E-state index in [0.29, 0.717) is 12.1 Å². The van der Waals surface area contributed by atoms with Gasteiger partial charge in [-0.2, -0.15) is 0 Å². The second kappa shape index (κ2) is 8.43. The maximum atomic E-state index is 5.79. The number of nitrogens with one attached hydrogen (secondary N) is 1. The van der Waals surface area contributed by atoms with Crippen molar-refractivity contribution in [1.29, 1.82) is 0 Å². The van der Waals surface area contributed by atoms with E-state index in [4.69, 9.17) is 4.74 Å². The second-order valence-electron chi connectivity index (χ2n) is 5.79. The van der Waals surface area contributed by atoms with Gasteiger partial charge in [0.15, 0.2) is 0 Å². The van der Waals surface area contributed by atoms with Crippen molar-refractivity contribution in [3.63, 3.8) is 0 Å². The first kappa shape index (κ1) is 15.5. The van der Waals surface area contributed by atoms with Gasteiger partial charge in [-0.1, -0.05) is 38.1 Å². The van der Waals surface area contributed by atoms with E-state index < -0.39 is 0 Å². The second-order valence-corrected chi connectivity index (χ2v) is 5.79. The van der Waals surface area contributed by atoms with Gasteiger partial charge < -0.3 is 10.1 Å². The average Bonchev–Trinajstić information content (AvgIpc) is 2.53. The van der Waals surface area contributed by atoms with Gasteiger partial charge in [0.1, 0.15) is 0 Å². The highest BCUT2D eigenvalue weighted by Gasteiger charge is 2.14. The Morgan fingerprint density at radius 1 is 1.20 bits per heavy atom. The molecule has 0 amide bonds. The largest absolute Gasteiger partial charge is 0.378 e. The van der Waals surface area contributed by atoms with E-state index in [1.165, 1.54) is 30.4 Å². The van der Waals surface area contributed by atoms with E-state index in [1.807, 2.05) is 0 Å². The number of benzene rings is 1. The van der Waals surface area contributed by atoms with Crippen LogP contribution in [0.1, 0.15) is 63.1 Å². The van der Waals surface area contributed by atoms with E-state index in [1.54, 1.807) is 0 Å². The number of aryl methyl sites for hydroxylation is 1. The number of rotatable bonds is 7. The third-order valence-corrected chi connectivity index (χ3v) is 4.33. The zero-order valence-electron chi connectivity index (χ0n) is 13.0. The Labute approximate surface area is 123 Å². The predicted octanol–water partition coefficient (Wildman–Crippen LogP) is 4.25. The molecule has 1 fully saturated rings. The molecule has 2 nitrogen and oxygen atoms in total. The van der Waals surface area contributed by atoms with Crippen molar-refractivity contribution in [3.8, 4) is 0 Å². The standard InChI is InChI=1S/C18H29NO/c1-3-15-8-10-16(11-9-15)18(4-2)19-13-12-17-7-5-6-14-20-17/h8-11,17-19H,3-7,12-14H2,1-2H3. The van der Waals surface area contributed by atoms with Crippen molar-refractivity contribution in [2.24, 2.45) is 0 Å². The Kier molecular flexibility index (Phi) is 6.55. The molecule has 1 aliphatic heterocycles. The van der Waals surface area contributed by atoms with Crippen LogP contribution in [0.5, 0.6) is 0 Å². The van der Waals surface area contributed by atoms with Crippen molar-refractivity contribution in [3.05, 3.63) is 35.4 Å². The quantitative estimate of drug-likeness (QED) is 0.803. The molecule has 0 radical (unpaired) electrons. The van der Waals surface area contributed by atoms with Crippen LogP contribution in [0.15, 0.2) is 24.3 Å². The van der Waals surface area contributed by atoms with Crippen LogP contribution in [0, 0.1) is 0 Å². The smallest absolute Gasteiger partial charge is 0.0587 e. The fourth-order valence-electron chi connectivity index (χ4n) is 2.94. The fraction of sp³-hybridized carbons (Fsp3) is 0.667. The van der Waals surface area contributed by atoms with Crippen LogP contribution in [0.25, 0.3) is 0 Å². The van der Waals surface area contributed by atoms with Crippen LogP contribution in [0.2, 0.25) is 0 Å². The van der Waals surface area contributed by atoms with Crippen molar-refractivity contribution in [2.45, 2.75) is 64.5 Å². The molecule has 0 saturated carbocycles. The van der Waals surface area contributed by atoms with Crippen LogP contribution in [0.3, 0.4) is 0 Å². The molecule has 0 bridgehead atoms. The summed E-state index contributed by atoms with van der Waals surface area (Å²) in [6.07, 6.45) is 7.69. The lowest BCUT2D eigenvalue weighted by molar-refractivity contribution is 0.0112. The zero-order valence-corrected chi connectivity index (χ0v) is 13.0. The number of hydrogen-bond donors (Lipinski definition) is 1. The third-order valence-electron chi connectivity index (χ3n) is 4.33. The van der Waals surface area contributed by atoms with Crippen molar-refractivity contribution in [2.75, 3.05) is 13.2 Å². The molecule has 2 unspecified atom stereocenters. The number of ether oxygens (including phenoxy) is 1. The first-order valence-electron chi connectivity index (χ1n) is 8.27. The number of hydrogen-bond acceptors (Lipinski definition) is 2. The molecular formula is C18H29NO. The third kappa shape index (κ3) is 4.60. The minimum Gasteiger partial charge on any atom is -0.378 e. The van der Waals surface area contributed by atoms with Crippen molar-refractivity contribution in [1.82, 2.24) is 5.32 Å². The Morgan fingerprint density at radius 3 is 2.60 bits per heavy atom. The molecule has 1 saturated heterocycles. The van der Waals surface area contributed by atoms with E-state index in [0.717, 1.165) is 32.4 Å². The van der Waals surface area contributed by atoms with Gasteiger partial charge in [-0.3, -0.25) is 0 Å². The maximum absolute atomic E-state index is 5.79. The molecule has 0 spiro atoms. The Bertz CT molecular complexity index is 368. The molecule has 1 aliphatic rings. The fourth-order valence-corrected chi connectivity index (χ4v) is 2.94. The Hall–Kier alpha value is -0.860. The lowest BCUT2D eigenvalue weighted by Gasteiger charge is -2.24. The average molecular weight is 275 g/mol. The molecule has 1 aromatic carbocycles. The summed E-state index contributed by atoms with van der Waals surface area (Å²) in [6.45, 7) is 6.47. The first-order chi connectivity index (χ1) is 9.83. The van der Waals surface area contributed by atoms with Crippen molar-refractivity contribution < 1.29 is 4.74 Å². The van der Waals surface area contributed by atoms with Gasteiger partial charge in [-0.05, 0) is 56.2 Å². The summed E-state index contributed by atoms with van der Waals surface area (Å²) < 4.78 is 5.79. The zero-order chi connectivity index (χ0) is 14.2. The highest BCUT2D eigenvalue weighted by molar-refractivity contribution is 5.25. The molecule has 0 aliphatic carbocycles. The normalized spacial score (nSPS) is 20.8. The Morgan fingerprint density at radius 2 is 2.00 bits per heavy atom. The van der Waals surface area contributed by atoms with E-state index in [9.17, 15) is 0 Å². The molecule has 2 rings (SSSR count). The van der Waals surface area contributed by atoms with Gasteiger partial charge >= 0.3 is 0 Å². The van der Waals surface area contributed by atoms with Gasteiger partial charge in [-0.25, -0.2) is 0 Å². The molecule has 1 aromatic rings. The molecule has 1 heterocycles. The first-order valence-corrected chi connectivity index (χ1v) is 8.27. The molecule has 0 aromatic heterocycles. The predicted molar refractivity (Wildman–Crippen MR) is 85.1 cm³/mol. The SMILES string of the molecule is CCc1ccc(C(CC)NCCC2CCCCO2)cc1. The summed E-state index contributed by atoms with van der Waals surface area (Å²) >= 11 is 0. The summed E-state index contributed by atoms with van der Waals surface area (Å²) in [5, 5.41) is 3.69. The van der Waals surface area contributed by atoms with E-state index >= 15 is 0 Å². The lowest BCUT2D eigenvalue weighted by Crippen LogP contribution is -2.27. The van der Waals surface area contributed by atoms with Gasteiger partial charge in [0, 0.05) is 12.6 Å². The van der Waals surface area contributed by atoms with Crippen LogP contribution in [0.4, 0.5) is 0 Å². The summed E-state index contributed by atoms with van der Waals surface area (Å²) in [4.78, 5) is 0. The minimum atomic E-state index is 0.476. The van der Waals surface area contributed by atoms with Crippen LogP contribution in [-0.4, -0.2) is 19.3 Å². The van der Waals surface area contributed by atoms with Gasteiger partial charge in [-0.15, -0.1) is 0 Å². The molecule has 112 valence electrons. The van der Waals surface area contributed by atoms with E-state index in [-0.39, 0.29) is 0 Å². The van der Waals surface area contributed by atoms with Crippen LogP contribution < -0.4 is 5.32 Å². The van der Waals surface area contributed by atoms with Gasteiger partial charge in [0.2, 0.25) is 0 Å². The molecule has 1 N–H and O–H groups in total. The summed E-state index contributed by atoms with van der Waals surface area (Å²) in [5.41, 5.74) is 2.83. The highest BCUT2D eigenvalue weighted by atomic mass is 16.5. The summed E-state index contributed by atoms with van der Waals surface area (Å²) in [7, 11) is 0. The minimum absolute atomic E-state index is 0.476. The molecule has 20 heavy (non-hydrogen) atoms.